The minimum atomic E-state index is 0.380. The highest BCUT2D eigenvalue weighted by Crippen LogP contribution is 2.24. The molecular weight excluding hydrogens is 144 g/mol. The molecule has 0 aliphatic heterocycles. The first-order valence-corrected chi connectivity index (χ1v) is 3.05. The van der Waals surface area contributed by atoms with Crippen LogP contribution in [0.4, 0.5) is 0 Å². The van der Waals surface area contributed by atoms with Gasteiger partial charge in [-0.15, -0.1) is 0 Å². The van der Waals surface area contributed by atoms with E-state index in [9.17, 15) is 4.79 Å². The predicted octanol–water partition coefficient (Wildman–Crippen LogP) is 1.14. The lowest BCUT2D eigenvalue weighted by Gasteiger charge is -2.02. The zero-order valence-electron chi connectivity index (χ0n) is 6.03. The summed E-state index contributed by atoms with van der Waals surface area (Å²) in [6, 6.07) is 6.86. The van der Waals surface area contributed by atoms with Crippen molar-refractivity contribution in [1.82, 2.24) is 0 Å². The lowest BCUT2D eigenvalue weighted by Crippen LogP contribution is -1.92. The van der Waals surface area contributed by atoms with Gasteiger partial charge in [0.05, 0.1) is 7.11 Å². The van der Waals surface area contributed by atoms with Crippen molar-refractivity contribution in [2.24, 2.45) is 0 Å². The van der Waals surface area contributed by atoms with E-state index in [4.69, 9.17) is 4.74 Å². The van der Waals surface area contributed by atoms with E-state index in [1.165, 1.54) is 13.6 Å². The van der Waals surface area contributed by atoms with Gasteiger partial charge < -0.3 is 9.47 Å². The van der Waals surface area contributed by atoms with E-state index in [1.807, 2.05) is 0 Å². The third-order valence-electron chi connectivity index (χ3n) is 1.22. The van der Waals surface area contributed by atoms with Gasteiger partial charge in [0, 0.05) is 0 Å². The summed E-state index contributed by atoms with van der Waals surface area (Å²) >= 11 is 0. The van der Waals surface area contributed by atoms with Crippen LogP contribution in [0.3, 0.4) is 0 Å². The van der Waals surface area contributed by atoms with Crippen LogP contribution in [0.25, 0.3) is 0 Å². The second-order valence-electron chi connectivity index (χ2n) is 1.84. The Balaban J connectivity index is 2.92. The highest BCUT2D eigenvalue weighted by molar-refractivity contribution is 5.50. The van der Waals surface area contributed by atoms with Gasteiger partial charge in [-0.25, -0.2) is 4.79 Å². The van der Waals surface area contributed by atoms with Gasteiger partial charge in [0.2, 0.25) is 0 Å². The molecule has 0 heterocycles. The molecule has 3 heteroatoms. The maximum atomic E-state index is 9.84. The zero-order valence-corrected chi connectivity index (χ0v) is 6.03. The summed E-state index contributed by atoms with van der Waals surface area (Å²) in [5.74, 6) is 0.904. The number of methoxy groups -OCH3 is 1. The van der Waals surface area contributed by atoms with E-state index in [2.05, 4.69) is 4.74 Å². The van der Waals surface area contributed by atoms with Gasteiger partial charge in [-0.05, 0) is 12.1 Å². The topological polar surface area (TPSA) is 35.5 Å². The molecule has 1 aromatic carbocycles. The summed E-state index contributed by atoms with van der Waals surface area (Å²) in [6.45, 7) is 1.33. The Bertz CT molecular complexity index is 245. The van der Waals surface area contributed by atoms with E-state index >= 15 is 0 Å². The summed E-state index contributed by atoms with van der Waals surface area (Å²) in [6.07, 6.45) is 0. The average Bonchev–Trinajstić information content (AvgIpc) is 2.06. The number of hydrogen-bond acceptors (Lipinski definition) is 3. The predicted molar refractivity (Wildman–Crippen MR) is 39.3 cm³/mol. The van der Waals surface area contributed by atoms with E-state index in [0.717, 1.165) is 0 Å². The van der Waals surface area contributed by atoms with Crippen LogP contribution in [0.15, 0.2) is 24.3 Å². The molecule has 1 radical (unpaired) electrons. The molecule has 0 aliphatic rings. The Morgan fingerprint density at radius 2 is 1.91 bits per heavy atom. The van der Waals surface area contributed by atoms with Crippen molar-refractivity contribution in [3.63, 3.8) is 0 Å². The first-order valence-electron chi connectivity index (χ1n) is 3.05. The van der Waals surface area contributed by atoms with Crippen LogP contribution < -0.4 is 9.47 Å². The van der Waals surface area contributed by atoms with Crippen molar-refractivity contribution in [1.29, 1.82) is 0 Å². The Hall–Kier alpha value is -1.51. The van der Waals surface area contributed by atoms with Gasteiger partial charge in [0.25, 0.3) is 0 Å². The van der Waals surface area contributed by atoms with E-state index in [1.54, 1.807) is 24.3 Å². The van der Waals surface area contributed by atoms with Gasteiger partial charge >= 0.3 is 6.47 Å². The number of ether oxygens (including phenoxy) is 2. The van der Waals surface area contributed by atoms with Crippen LogP contribution in [0.2, 0.25) is 0 Å². The molecule has 0 spiro atoms. The molecule has 0 aromatic heterocycles. The van der Waals surface area contributed by atoms with Crippen LogP contribution in [0.5, 0.6) is 11.5 Å². The standard InChI is InChI=1S/C8H7O3/c1-10-7-4-2-3-5-8(7)11-6-9/h2-5H,1H3. The molecule has 57 valence electrons. The van der Waals surface area contributed by atoms with Crippen LogP contribution in [0, 0.1) is 0 Å². The Morgan fingerprint density at radius 3 is 2.45 bits per heavy atom. The third kappa shape index (κ3) is 1.70. The first kappa shape index (κ1) is 7.60. The van der Waals surface area contributed by atoms with Gasteiger partial charge in [-0.2, -0.15) is 0 Å². The molecule has 0 saturated carbocycles. The number of benzene rings is 1. The van der Waals surface area contributed by atoms with Gasteiger partial charge in [-0.3, -0.25) is 0 Å². The Morgan fingerprint density at radius 1 is 1.27 bits per heavy atom. The van der Waals surface area contributed by atoms with Crippen LogP contribution in [0.1, 0.15) is 0 Å². The summed E-state index contributed by atoms with van der Waals surface area (Å²) in [5, 5.41) is 0. The van der Waals surface area contributed by atoms with Crippen molar-refractivity contribution >= 4 is 6.47 Å². The molecule has 0 aliphatic carbocycles. The van der Waals surface area contributed by atoms with Crippen molar-refractivity contribution in [2.75, 3.05) is 7.11 Å². The number of rotatable bonds is 3. The molecule has 0 fully saturated rings. The summed E-state index contributed by atoms with van der Waals surface area (Å²) in [7, 11) is 1.51. The molecule has 0 unspecified atom stereocenters. The molecule has 0 N–H and O–H groups in total. The van der Waals surface area contributed by atoms with Crippen LogP contribution in [-0.4, -0.2) is 13.6 Å². The lowest BCUT2D eigenvalue weighted by molar-refractivity contribution is 0.379. The molecule has 1 aromatic rings. The number of carbonyl (C=O) groups excluding carboxylic acids is 1. The van der Waals surface area contributed by atoms with Crippen LogP contribution in [-0.2, 0) is 4.79 Å². The van der Waals surface area contributed by atoms with Crippen molar-refractivity contribution in [3.05, 3.63) is 24.3 Å². The molecular formula is C8H7O3. The number of para-hydroxylation sites is 2. The first-order chi connectivity index (χ1) is 5.38. The monoisotopic (exact) mass is 151 g/mol. The fourth-order valence-corrected chi connectivity index (χ4v) is 0.748. The summed E-state index contributed by atoms with van der Waals surface area (Å²) in [5.41, 5.74) is 0. The van der Waals surface area contributed by atoms with Crippen LogP contribution >= 0.6 is 0 Å². The maximum Gasteiger partial charge on any atom is 0.423 e. The third-order valence-corrected chi connectivity index (χ3v) is 1.22. The lowest BCUT2D eigenvalue weighted by atomic mass is 10.3. The molecule has 11 heavy (non-hydrogen) atoms. The summed E-state index contributed by atoms with van der Waals surface area (Å²) in [4.78, 5) is 9.84. The molecule has 0 bridgehead atoms. The Kier molecular flexibility index (Phi) is 2.49. The average molecular weight is 151 g/mol. The normalized spacial score (nSPS) is 8.82. The minimum Gasteiger partial charge on any atom is -0.493 e. The van der Waals surface area contributed by atoms with E-state index in [-0.39, 0.29) is 0 Å². The molecule has 1 rings (SSSR count). The smallest absolute Gasteiger partial charge is 0.423 e. The van der Waals surface area contributed by atoms with Gasteiger partial charge in [-0.1, -0.05) is 12.1 Å². The molecule has 0 saturated heterocycles. The number of hydrogen-bond donors (Lipinski definition) is 0. The van der Waals surface area contributed by atoms with E-state index in [0.29, 0.717) is 11.5 Å². The van der Waals surface area contributed by atoms with Gasteiger partial charge in [0.15, 0.2) is 11.5 Å². The van der Waals surface area contributed by atoms with E-state index < -0.39 is 0 Å². The quantitative estimate of drug-likeness (QED) is 0.649. The molecule has 3 nitrogen and oxygen atoms in total. The Labute approximate surface area is 64.5 Å². The minimum absolute atomic E-state index is 0.380. The molecule has 0 amide bonds. The van der Waals surface area contributed by atoms with Crippen molar-refractivity contribution < 1.29 is 14.3 Å². The fourth-order valence-electron chi connectivity index (χ4n) is 0.748. The second-order valence-corrected chi connectivity index (χ2v) is 1.84. The fraction of sp³-hybridized carbons (Fsp3) is 0.125. The largest absolute Gasteiger partial charge is 0.493 e. The van der Waals surface area contributed by atoms with Gasteiger partial charge in [0.1, 0.15) is 0 Å². The molecule has 0 atom stereocenters. The SMILES string of the molecule is COc1ccccc1O[C]=O. The highest BCUT2D eigenvalue weighted by Gasteiger charge is 2.00. The zero-order chi connectivity index (χ0) is 8.10. The second kappa shape index (κ2) is 3.61. The maximum absolute atomic E-state index is 9.84. The van der Waals surface area contributed by atoms with Crippen molar-refractivity contribution in [3.8, 4) is 11.5 Å². The highest BCUT2D eigenvalue weighted by atomic mass is 16.5. The van der Waals surface area contributed by atoms with Crippen molar-refractivity contribution in [2.45, 2.75) is 0 Å². The summed E-state index contributed by atoms with van der Waals surface area (Å²) < 4.78 is 9.39.